The quantitative estimate of drug-likeness (QED) is 0.628. The first kappa shape index (κ1) is 20.5. The highest BCUT2D eigenvalue weighted by molar-refractivity contribution is 6.36. The van der Waals surface area contributed by atoms with Crippen LogP contribution in [0, 0.1) is 6.92 Å². The number of carbonyl (C=O) groups is 1. The monoisotopic (exact) mass is 438 g/mol. The molecule has 0 aliphatic carbocycles. The second-order valence-corrected chi connectivity index (χ2v) is 7.49. The molecule has 1 saturated heterocycles. The zero-order chi connectivity index (χ0) is 21.5. The van der Waals surface area contributed by atoms with Gasteiger partial charge in [-0.2, -0.15) is 18.3 Å². The van der Waals surface area contributed by atoms with Crippen molar-refractivity contribution in [2.45, 2.75) is 19.6 Å². The smallest absolute Gasteiger partial charge is 0.335 e. The number of rotatable bonds is 3. The van der Waals surface area contributed by atoms with E-state index in [9.17, 15) is 18.0 Å². The molecule has 3 aromatic heterocycles. The summed E-state index contributed by atoms with van der Waals surface area (Å²) in [5.41, 5.74) is -0.211. The Morgan fingerprint density at radius 3 is 2.60 bits per heavy atom. The number of alkyl halides is 3. The van der Waals surface area contributed by atoms with Crippen LogP contribution in [-0.2, 0) is 12.7 Å². The van der Waals surface area contributed by atoms with E-state index < -0.39 is 17.8 Å². The summed E-state index contributed by atoms with van der Waals surface area (Å²) in [6.45, 7) is 4.22. The fourth-order valence-electron chi connectivity index (χ4n) is 3.46. The molecule has 30 heavy (non-hydrogen) atoms. The molecule has 158 valence electrons. The number of amides is 1. The molecule has 4 heterocycles. The van der Waals surface area contributed by atoms with Crippen LogP contribution in [0.1, 0.15) is 27.4 Å². The van der Waals surface area contributed by atoms with E-state index in [2.05, 4.69) is 20.0 Å². The average Bonchev–Trinajstić information content (AvgIpc) is 3.04. The fraction of sp³-hybridized carbons (Fsp3) is 0.368. The van der Waals surface area contributed by atoms with Gasteiger partial charge >= 0.3 is 6.18 Å². The third-order valence-electron chi connectivity index (χ3n) is 4.94. The molecule has 0 atom stereocenters. The van der Waals surface area contributed by atoms with Crippen molar-refractivity contribution in [1.29, 1.82) is 0 Å². The summed E-state index contributed by atoms with van der Waals surface area (Å²) in [4.78, 5) is 24.8. The number of aromatic nitrogens is 4. The Morgan fingerprint density at radius 1 is 1.23 bits per heavy atom. The third-order valence-corrected chi connectivity index (χ3v) is 5.29. The standard InChI is InChI=1S/C19H18ClF3N6O/c1-12-9-14(19(21,22)23)29-17(25-12)15(20)16(26-29)18(30)28-7-5-27(6-8-28)11-13-3-2-4-24-10-13/h2-4,9-10H,5-8,11H2,1H3. The summed E-state index contributed by atoms with van der Waals surface area (Å²) in [6, 6.07) is 4.72. The first-order valence-corrected chi connectivity index (χ1v) is 9.65. The highest BCUT2D eigenvalue weighted by Crippen LogP contribution is 2.32. The molecule has 3 aromatic rings. The zero-order valence-corrected chi connectivity index (χ0v) is 16.8. The van der Waals surface area contributed by atoms with Gasteiger partial charge in [-0.3, -0.25) is 14.7 Å². The van der Waals surface area contributed by atoms with Crippen molar-refractivity contribution in [3.05, 3.63) is 58.3 Å². The van der Waals surface area contributed by atoms with Crippen molar-refractivity contribution in [3.8, 4) is 0 Å². The number of piperazine rings is 1. The van der Waals surface area contributed by atoms with Crippen LogP contribution in [0.4, 0.5) is 13.2 Å². The normalized spacial score (nSPS) is 15.7. The molecular weight excluding hydrogens is 421 g/mol. The molecular formula is C19H18ClF3N6O. The van der Waals surface area contributed by atoms with Gasteiger partial charge in [0.05, 0.1) is 0 Å². The molecule has 1 aliphatic heterocycles. The van der Waals surface area contributed by atoms with Gasteiger partial charge in [-0.05, 0) is 24.6 Å². The van der Waals surface area contributed by atoms with E-state index >= 15 is 0 Å². The second-order valence-electron chi connectivity index (χ2n) is 7.11. The average molecular weight is 439 g/mol. The summed E-state index contributed by atoms with van der Waals surface area (Å²) in [7, 11) is 0. The number of carbonyl (C=O) groups excluding carboxylic acids is 1. The number of hydrogen-bond acceptors (Lipinski definition) is 5. The Labute approximate surface area is 175 Å². The lowest BCUT2D eigenvalue weighted by Gasteiger charge is -2.34. The molecule has 0 aromatic carbocycles. The van der Waals surface area contributed by atoms with Crippen LogP contribution in [-0.4, -0.2) is 61.5 Å². The lowest BCUT2D eigenvalue weighted by molar-refractivity contribution is -0.142. The Morgan fingerprint density at radius 2 is 1.97 bits per heavy atom. The van der Waals surface area contributed by atoms with Gasteiger partial charge in [0.15, 0.2) is 11.3 Å². The van der Waals surface area contributed by atoms with Crippen LogP contribution >= 0.6 is 11.6 Å². The molecule has 0 spiro atoms. The molecule has 1 amide bonds. The molecule has 0 saturated carbocycles. The molecule has 7 nitrogen and oxygen atoms in total. The van der Waals surface area contributed by atoms with E-state index in [1.807, 2.05) is 12.1 Å². The fourth-order valence-corrected chi connectivity index (χ4v) is 3.70. The number of halogens is 4. The van der Waals surface area contributed by atoms with Crippen molar-refractivity contribution in [3.63, 3.8) is 0 Å². The number of hydrogen-bond donors (Lipinski definition) is 0. The van der Waals surface area contributed by atoms with Crippen LogP contribution < -0.4 is 0 Å². The Hall–Kier alpha value is -2.72. The number of pyridine rings is 1. The zero-order valence-electron chi connectivity index (χ0n) is 16.0. The lowest BCUT2D eigenvalue weighted by atomic mass is 10.2. The first-order valence-electron chi connectivity index (χ1n) is 9.27. The maximum atomic E-state index is 13.4. The summed E-state index contributed by atoms with van der Waals surface area (Å²) in [5.74, 6) is -0.502. The van der Waals surface area contributed by atoms with Gasteiger partial charge in [0.1, 0.15) is 10.7 Å². The van der Waals surface area contributed by atoms with Crippen molar-refractivity contribution >= 4 is 23.2 Å². The molecule has 11 heteroatoms. The van der Waals surface area contributed by atoms with E-state index in [0.717, 1.165) is 11.6 Å². The molecule has 0 unspecified atom stereocenters. The summed E-state index contributed by atoms with van der Waals surface area (Å²) >= 11 is 6.22. The van der Waals surface area contributed by atoms with Crippen LogP contribution in [0.2, 0.25) is 5.02 Å². The van der Waals surface area contributed by atoms with Crippen LogP contribution in [0.5, 0.6) is 0 Å². The summed E-state index contributed by atoms with van der Waals surface area (Å²) in [5, 5.41) is 3.70. The van der Waals surface area contributed by atoms with Gasteiger partial charge in [-0.15, -0.1) is 0 Å². The number of fused-ring (bicyclic) bond motifs is 1. The largest absolute Gasteiger partial charge is 0.433 e. The third kappa shape index (κ3) is 3.97. The molecule has 0 radical (unpaired) electrons. The molecule has 0 N–H and O–H groups in total. The molecule has 0 bridgehead atoms. The van der Waals surface area contributed by atoms with Crippen LogP contribution in [0.15, 0.2) is 30.6 Å². The van der Waals surface area contributed by atoms with Crippen molar-refractivity contribution in [2.24, 2.45) is 0 Å². The van der Waals surface area contributed by atoms with Crippen molar-refractivity contribution in [2.75, 3.05) is 26.2 Å². The van der Waals surface area contributed by atoms with E-state index in [0.29, 0.717) is 37.2 Å². The molecule has 4 rings (SSSR count). The van der Waals surface area contributed by atoms with E-state index in [4.69, 9.17) is 11.6 Å². The van der Waals surface area contributed by atoms with Gasteiger partial charge in [-0.25, -0.2) is 9.50 Å². The van der Waals surface area contributed by atoms with Crippen molar-refractivity contribution < 1.29 is 18.0 Å². The summed E-state index contributed by atoms with van der Waals surface area (Å²) in [6.07, 6.45) is -1.15. The SMILES string of the molecule is Cc1cc(C(F)(F)F)n2nc(C(=O)N3CCN(Cc4cccnc4)CC3)c(Cl)c2n1. The summed E-state index contributed by atoms with van der Waals surface area (Å²) < 4.78 is 40.7. The predicted molar refractivity (Wildman–Crippen MR) is 103 cm³/mol. The number of nitrogens with zero attached hydrogens (tertiary/aromatic N) is 6. The highest BCUT2D eigenvalue weighted by Gasteiger charge is 2.37. The van der Waals surface area contributed by atoms with Gasteiger partial charge < -0.3 is 4.90 Å². The molecule has 1 aliphatic rings. The van der Waals surface area contributed by atoms with Crippen molar-refractivity contribution in [1.82, 2.24) is 29.4 Å². The minimum atomic E-state index is -4.65. The van der Waals surface area contributed by atoms with Crippen LogP contribution in [0.3, 0.4) is 0 Å². The Balaban J connectivity index is 1.53. The molecule has 1 fully saturated rings. The second kappa shape index (κ2) is 7.84. The maximum absolute atomic E-state index is 13.4. The van der Waals surface area contributed by atoms with E-state index in [1.165, 1.54) is 6.92 Å². The minimum absolute atomic E-state index is 0.139. The Bertz CT molecular complexity index is 1080. The lowest BCUT2D eigenvalue weighted by Crippen LogP contribution is -2.48. The van der Waals surface area contributed by atoms with Gasteiger partial charge in [0.25, 0.3) is 5.91 Å². The van der Waals surface area contributed by atoms with Gasteiger partial charge in [0, 0.05) is 50.8 Å². The van der Waals surface area contributed by atoms with Gasteiger partial charge in [-0.1, -0.05) is 17.7 Å². The predicted octanol–water partition coefficient (Wildman–Crippen LogP) is 3.06. The highest BCUT2D eigenvalue weighted by atomic mass is 35.5. The minimum Gasteiger partial charge on any atom is -0.335 e. The number of aryl methyl sites for hydroxylation is 1. The van der Waals surface area contributed by atoms with E-state index in [-0.39, 0.29) is 22.1 Å². The first-order chi connectivity index (χ1) is 14.2. The van der Waals surface area contributed by atoms with Gasteiger partial charge in [0.2, 0.25) is 0 Å². The maximum Gasteiger partial charge on any atom is 0.433 e. The van der Waals surface area contributed by atoms with E-state index in [1.54, 1.807) is 17.3 Å². The van der Waals surface area contributed by atoms with Crippen LogP contribution in [0.25, 0.3) is 5.65 Å². The topological polar surface area (TPSA) is 66.6 Å². The Kier molecular flexibility index (Phi) is 5.37.